The van der Waals surface area contributed by atoms with Crippen molar-refractivity contribution in [2.45, 2.75) is 31.6 Å². The average molecular weight is 252 g/mol. The molecule has 1 atom stereocenters. The molecule has 0 bridgehead atoms. The maximum Gasteiger partial charge on any atom is 0.127 e. The number of carbonyl (C=O) groups is 1. The van der Waals surface area contributed by atoms with Gasteiger partial charge in [0.25, 0.3) is 0 Å². The molecule has 0 spiro atoms. The third-order valence-corrected chi connectivity index (χ3v) is 3.68. The van der Waals surface area contributed by atoms with Gasteiger partial charge in [0.1, 0.15) is 6.29 Å². The van der Waals surface area contributed by atoms with Crippen LogP contribution in [0.15, 0.2) is 60.7 Å². The van der Waals surface area contributed by atoms with E-state index in [0.717, 1.165) is 18.3 Å². The molecule has 0 N–H and O–H groups in total. The summed E-state index contributed by atoms with van der Waals surface area (Å²) in [6, 6.07) is 20.4. The Labute approximate surface area is 115 Å². The van der Waals surface area contributed by atoms with Crippen molar-refractivity contribution in [3.8, 4) is 0 Å². The van der Waals surface area contributed by atoms with Gasteiger partial charge in [-0.2, -0.15) is 0 Å². The van der Waals surface area contributed by atoms with E-state index in [1.54, 1.807) is 0 Å². The second-order valence-corrected chi connectivity index (χ2v) is 5.61. The number of hydrogen-bond donors (Lipinski definition) is 0. The van der Waals surface area contributed by atoms with Crippen LogP contribution < -0.4 is 0 Å². The molecule has 0 saturated carbocycles. The highest BCUT2D eigenvalue weighted by Gasteiger charge is 2.25. The molecule has 1 unspecified atom stereocenters. The predicted molar refractivity (Wildman–Crippen MR) is 79.3 cm³/mol. The maximum atomic E-state index is 11.4. The Bertz CT molecular complexity index is 514. The van der Waals surface area contributed by atoms with Crippen LogP contribution in [0.5, 0.6) is 0 Å². The van der Waals surface area contributed by atoms with Gasteiger partial charge in [0, 0.05) is 5.92 Å². The van der Waals surface area contributed by atoms with Gasteiger partial charge in [0.05, 0.1) is 0 Å². The fourth-order valence-corrected chi connectivity index (χ4v) is 2.50. The average Bonchev–Trinajstić information content (AvgIpc) is 2.47. The van der Waals surface area contributed by atoms with E-state index in [2.05, 4.69) is 38.1 Å². The van der Waals surface area contributed by atoms with Crippen LogP contribution in [0.2, 0.25) is 0 Å². The molecular weight excluding hydrogens is 232 g/mol. The van der Waals surface area contributed by atoms with Crippen LogP contribution in [0.4, 0.5) is 0 Å². The molecule has 0 saturated heterocycles. The summed E-state index contributed by atoms with van der Waals surface area (Å²) in [5.74, 6) is -0.0450. The van der Waals surface area contributed by atoms with Crippen molar-refractivity contribution in [2.75, 3.05) is 0 Å². The molecular formula is C18H20O. The molecule has 2 aromatic rings. The van der Waals surface area contributed by atoms with Crippen molar-refractivity contribution in [3.63, 3.8) is 0 Å². The number of aldehydes is 1. The van der Waals surface area contributed by atoms with Crippen LogP contribution in [0, 0.1) is 0 Å². The van der Waals surface area contributed by atoms with Gasteiger partial charge in [0.15, 0.2) is 0 Å². The molecule has 2 aromatic carbocycles. The SMILES string of the molecule is CC(C)(CC(C=O)c1ccccc1)c1ccccc1. The van der Waals surface area contributed by atoms with E-state index < -0.39 is 0 Å². The first-order valence-electron chi connectivity index (χ1n) is 6.69. The molecule has 2 rings (SSSR count). The molecule has 0 radical (unpaired) electrons. The monoisotopic (exact) mass is 252 g/mol. The molecule has 1 nitrogen and oxygen atoms in total. The van der Waals surface area contributed by atoms with Crippen molar-refractivity contribution in [2.24, 2.45) is 0 Å². The van der Waals surface area contributed by atoms with Crippen molar-refractivity contribution in [1.82, 2.24) is 0 Å². The van der Waals surface area contributed by atoms with E-state index >= 15 is 0 Å². The van der Waals surface area contributed by atoms with Crippen LogP contribution in [0.1, 0.15) is 37.3 Å². The largest absolute Gasteiger partial charge is 0.303 e. The Kier molecular flexibility index (Phi) is 4.16. The Morgan fingerprint density at radius 1 is 0.947 bits per heavy atom. The molecule has 19 heavy (non-hydrogen) atoms. The Balaban J connectivity index is 2.21. The fraction of sp³-hybridized carbons (Fsp3) is 0.278. The van der Waals surface area contributed by atoms with Gasteiger partial charge in [-0.3, -0.25) is 0 Å². The van der Waals surface area contributed by atoms with E-state index in [9.17, 15) is 4.79 Å². The third kappa shape index (κ3) is 3.31. The quantitative estimate of drug-likeness (QED) is 0.724. The summed E-state index contributed by atoms with van der Waals surface area (Å²) >= 11 is 0. The number of rotatable bonds is 5. The van der Waals surface area contributed by atoms with Gasteiger partial charge in [0.2, 0.25) is 0 Å². The third-order valence-electron chi connectivity index (χ3n) is 3.68. The van der Waals surface area contributed by atoms with Crippen molar-refractivity contribution >= 4 is 6.29 Å². The van der Waals surface area contributed by atoms with Crippen LogP contribution in [0.3, 0.4) is 0 Å². The summed E-state index contributed by atoms with van der Waals surface area (Å²) in [6.45, 7) is 4.39. The first kappa shape index (κ1) is 13.5. The predicted octanol–water partition coefficient (Wildman–Crippen LogP) is 4.34. The molecule has 0 fully saturated rings. The summed E-state index contributed by atoms with van der Waals surface area (Å²) in [7, 11) is 0. The first-order chi connectivity index (χ1) is 9.13. The Morgan fingerprint density at radius 3 is 2.00 bits per heavy atom. The lowest BCUT2D eigenvalue weighted by molar-refractivity contribution is -0.109. The normalized spacial score (nSPS) is 12.9. The molecule has 1 heteroatoms. The number of hydrogen-bond acceptors (Lipinski definition) is 1. The number of benzene rings is 2. The minimum absolute atomic E-state index is 0.0112. The van der Waals surface area contributed by atoms with E-state index in [0.29, 0.717) is 0 Å². The lowest BCUT2D eigenvalue weighted by atomic mass is 9.76. The van der Waals surface area contributed by atoms with E-state index in [1.807, 2.05) is 36.4 Å². The summed E-state index contributed by atoms with van der Waals surface area (Å²) in [6.07, 6.45) is 1.89. The first-order valence-corrected chi connectivity index (χ1v) is 6.69. The van der Waals surface area contributed by atoms with E-state index in [1.165, 1.54) is 5.56 Å². The van der Waals surface area contributed by atoms with Crippen molar-refractivity contribution in [3.05, 3.63) is 71.8 Å². The van der Waals surface area contributed by atoms with Crippen LogP contribution in [-0.4, -0.2) is 6.29 Å². The topological polar surface area (TPSA) is 17.1 Å². The summed E-state index contributed by atoms with van der Waals surface area (Å²) in [4.78, 5) is 11.4. The molecule has 0 amide bonds. The van der Waals surface area contributed by atoms with E-state index in [4.69, 9.17) is 0 Å². The molecule has 0 aliphatic carbocycles. The highest BCUT2D eigenvalue weighted by atomic mass is 16.1. The maximum absolute atomic E-state index is 11.4. The van der Waals surface area contributed by atoms with Gasteiger partial charge in [-0.1, -0.05) is 74.5 Å². The fourth-order valence-electron chi connectivity index (χ4n) is 2.50. The zero-order valence-electron chi connectivity index (χ0n) is 11.5. The molecule has 0 aliphatic heterocycles. The van der Waals surface area contributed by atoms with Crippen molar-refractivity contribution < 1.29 is 4.79 Å². The zero-order chi connectivity index (χ0) is 13.7. The molecule has 98 valence electrons. The lowest BCUT2D eigenvalue weighted by Gasteiger charge is -2.28. The molecule has 0 aromatic heterocycles. The van der Waals surface area contributed by atoms with Crippen LogP contribution >= 0.6 is 0 Å². The number of carbonyl (C=O) groups excluding carboxylic acids is 1. The van der Waals surface area contributed by atoms with Gasteiger partial charge in [-0.25, -0.2) is 0 Å². The minimum Gasteiger partial charge on any atom is -0.303 e. The Hall–Kier alpha value is -1.89. The summed E-state index contributed by atoms with van der Waals surface area (Å²) in [5.41, 5.74) is 2.36. The smallest absolute Gasteiger partial charge is 0.127 e. The highest BCUT2D eigenvalue weighted by molar-refractivity contribution is 5.62. The van der Waals surface area contributed by atoms with Crippen LogP contribution in [-0.2, 0) is 10.2 Å². The molecule has 0 aliphatic rings. The van der Waals surface area contributed by atoms with Gasteiger partial charge in [-0.15, -0.1) is 0 Å². The second-order valence-electron chi connectivity index (χ2n) is 5.61. The zero-order valence-corrected chi connectivity index (χ0v) is 11.5. The Morgan fingerprint density at radius 2 is 1.47 bits per heavy atom. The van der Waals surface area contributed by atoms with Gasteiger partial charge >= 0.3 is 0 Å². The molecule has 0 heterocycles. The van der Waals surface area contributed by atoms with Gasteiger partial charge in [-0.05, 0) is 23.0 Å². The lowest BCUT2D eigenvalue weighted by Crippen LogP contribution is -2.21. The van der Waals surface area contributed by atoms with E-state index in [-0.39, 0.29) is 11.3 Å². The summed E-state index contributed by atoms with van der Waals surface area (Å²) in [5, 5.41) is 0. The minimum atomic E-state index is -0.0450. The second kappa shape index (κ2) is 5.83. The van der Waals surface area contributed by atoms with Gasteiger partial charge < -0.3 is 4.79 Å². The van der Waals surface area contributed by atoms with Crippen molar-refractivity contribution in [1.29, 1.82) is 0 Å². The standard InChI is InChI=1S/C18H20O/c1-18(2,17-11-7-4-8-12-17)13-16(14-19)15-9-5-3-6-10-15/h3-12,14,16H,13H2,1-2H3. The highest BCUT2D eigenvalue weighted by Crippen LogP contribution is 2.33. The van der Waals surface area contributed by atoms with Crippen LogP contribution in [0.25, 0.3) is 0 Å². The summed E-state index contributed by atoms with van der Waals surface area (Å²) < 4.78 is 0.